The van der Waals surface area contributed by atoms with Crippen LogP contribution in [0, 0.1) is 9.85 Å². The van der Waals surface area contributed by atoms with Crippen LogP contribution in [0.1, 0.15) is 19.8 Å². The summed E-state index contributed by atoms with van der Waals surface area (Å²) < 4.78 is 2.51. The third-order valence-corrected chi connectivity index (χ3v) is 1.68. The van der Waals surface area contributed by atoms with E-state index in [1.807, 2.05) is 6.92 Å². The lowest BCUT2D eigenvalue weighted by atomic mass is 10.3. The molecule has 0 aromatic heterocycles. The van der Waals surface area contributed by atoms with Crippen molar-refractivity contribution >= 4 is 34.6 Å². The average Bonchev–Trinajstić information content (AvgIpc) is 2.05. The largest absolute Gasteiger partial charge is 0.465 e. The zero-order valence-electron chi connectivity index (χ0n) is 7.21. The van der Waals surface area contributed by atoms with Crippen molar-refractivity contribution in [2.24, 2.45) is 0 Å². The van der Waals surface area contributed by atoms with Crippen LogP contribution < -0.4 is 0 Å². The Kier molecular flexibility index (Phi) is 6.32. The first-order chi connectivity index (χ1) is 6.13. The molecule has 0 fully saturated rings. The molecule has 2 amide bonds. The number of hydrogen-bond acceptors (Lipinski definition) is 2. The Balaban J connectivity index is 4.29. The van der Waals surface area contributed by atoms with E-state index in [1.165, 1.54) is 0 Å². The Bertz CT molecular complexity index is 254. The van der Waals surface area contributed by atoms with Crippen LogP contribution in [0.5, 0.6) is 0 Å². The molecule has 0 aliphatic carbocycles. The summed E-state index contributed by atoms with van der Waals surface area (Å²) in [6.45, 7) is 1.78. The van der Waals surface area contributed by atoms with Gasteiger partial charge in [-0.25, -0.2) is 9.69 Å². The van der Waals surface area contributed by atoms with Crippen LogP contribution in [-0.2, 0) is 4.79 Å². The van der Waals surface area contributed by atoms with Crippen LogP contribution in [0.25, 0.3) is 0 Å². The molecule has 72 valence electrons. The molecule has 0 atom stereocenters. The summed E-state index contributed by atoms with van der Waals surface area (Å²) in [5, 5.41) is 8.63. The molecule has 0 rings (SSSR count). The maximum Gasteiger partial charge on any atom is 0.414 e. The van der Waals surface area contributed by atoms with E-state index in [2.05, 4.69) is 9.85 Å². The van der Waals surface area contributed by atoms with Gasteiger partial charge in [-0.3, -0.25) is 4.79 Å². The Morgan fingerprint density at radius 2 is 2.15 bits per heavy atom. The van der Waals surface area contributed by atoms with Gasteiger partial charge in [-0.05, 0) is 10.3 Å². The van der Waals surface area contributed by atoms with E-state index in [-0.39, 0.29) is 13.0 Å². The first kappa shape index (κ1) is 12.2. The highest BCUT2D eigenvalue weighted by atomic mass is 127. The SMILES string of the molecule is CCCC(=O)N(CC#CI)C(=O)O. The number of hydrogen-bond donors (Lipinski definition) is 1. The van der Waals surface area contributed by atoms with Crippen molar-refractivity contribution in [1.29, 1.82) is 0 Å². The van der Waals surface area contributed by atoms with Crippen molar-refractivity contribution in [3.8, 4) is 9.85 Å². The van der Waals surface area contributed by atoms with Gasteiger partial charge < -0.3 is 5.11 Å². The summed E-state index contributed by atoms with van der Waals surface area (Å²) in [7, 11) is 0. The topological polar surface area (TPSA) is 57.6 Å². The van der Waals surface area contributed by atoms with Gasteiger partial charge in [0.25, 0.3) is 0 Å². The van der Waals surface area contributed by atoms with E-state index in [0.29, 0.717) is 6.42 Å². The van der Waals surface area contributed by atoms with Crippen LogP contribution in [0.2, 0.25) is 0 Å². The molecule has 0 aromatic rings. The van der Waals surface area contributed by atoms with Gasteiger partial charge in [0, 0.05) is 29.0 Å². The number of halogens is 1. The quantitative estimate of drug-likeness (QED) is 0.636. The number of amides is 2. The number of carboxylic acid groups (broad SMARTS) is 1. The maximum atomic E-state index is 11.2. The highest BCUT2D eigenvalue weighted by molar-refractivity contribution is 14.1. The zero-order valence-corrected chi connectivity index (χ0v) is 9.37. The molecular weight excluding hydrogens is 285 g/mol. The number of carbonyl (C=O) groups is 2. The number of imide groups is 1. The minimum atomic E-state index is -1.24. The summed E-state index contributed by atoms with van der Waals surface area (Å²) in [4.78, 5) is 22.5. The van der Waals surface area contributed by atoms with E-state index in [1.54, 1.807) is 22.6 Å². The van der Waals surface area contributed by atoms with Crippen LogP contribution in [-0.4, -0.2) is 28.6 Å². The molecular formula is C8H10INO3. The molecule has 0 saturated heterocycles. The van der Waals surface area contributed by atoms with Crippen LogP contribution >= 0.6 is 22.6 Å². The molecule has 1 N–H and O–H groups in total. The van der Waals surface area contributed by atoms with Crippen molar-refractivity contribution < 1.29 is 14.7 Å². The predicted molar refractivity (Wildman–Crippen MR) is 56.4 cm³/mol. The van der Waals surface area contributed by atoms with Crippen molar-refractivity contribution in [2.75, 3.05) is 6.54 Å². The molecule has 4 nitrogen and oxygen atoms in total. The van der Waals surface area contributed by atoms with Crippen LogP contribution in [0.3, 0.4) is 0 Å². The first-order valence-corrected chi connectivity index (χ1v) is 4.83. The van der Waals surface area contributed by atoms with Gasteiger partial charge in [-0.2, -0.15) is 0 Å². The fourth-order valence-corrected chi connectivity index (χ4v) is 0.891. The molecule has 0 aliphatic rings. The average molecular weight is 295 g/mol. The van der Waals surface area contributed by atoms with Gasteiger partial charge in [0.15, 0.2) is 0 Å². The smallest absolute Gasteiger partial charge is 0.414 e. The lowest BCUT2D eigenvalue weighted by molar-refractivity contribution is -0.128. The molecule has 0 unspecified atom stereocenters. The second kappa shape index (κ2) is 6.71. The molecule has 13 heavy (non-hydrogen) atoms. The summed E-state index contributed by atoms with van der Waals surface area (Å²) >= 11 is 1.80. The Hall–Kier alpha value is -0.770. The summed E-state index contributed by atoms with van der Waals surface area (Å²) in [5.41, 5.74) is 0. The van der Waals surface area contributed by atoms with Gasteiger partial charge >= 0.3 is 6.09 Å². The molecule has 0 aromatic carbocycles. The highest BCUT2D eigenvalue weighted by Crippen LogP contribution is 1.97. The van der Waals surface area contributed by atoms with Gasteiger partial charge in [0.05, 0.1) is 6.54 Å². The first-order valence-electron chi connectivity index (χ1n) is 3.75. The molecule has 5 heteroatoms. The molecule has 0 radical (unpaired) electrons. The lowest BCUT2D eigenvalue weighted by Crippen LogP contribution is -2.35. The zero-order chi connectivity index (χ0) is 10.3. The fourth-order valence-electron chi connectivity index (χ4n) is 0.720. The summed E-state index contributed by atoms with van der Waals surface area (Å²) in [6, 6.07) is 0. The number of carbonyl (C=O) groups excluding carboxylic acids is 1. The number of rotatable bonds is 3. The Morgan fingerprint density at radius 1 is 1.54 bits per heavy atom. The Morgan fingerprint density at radius 3 is 2.54 bits per heavy atom. The summed E-state index contributed by atoms with van der Waals surface area (Å²) in [6.07, 6.45) is -0.354. The molecule has 0 heterocycles. The molecule has 0 bridgehead atoms. The van der Waals surface area contributed by atoms with Gasteiger partial charge in [-0.1, -0.05) is 12.8 Å². The van der Waals surface area contributed by atoms with Gasteiger partial charge in [-0.15, -0.1) is 0 Å². The monoisotopic (exact) mass is 295 g/mol. The molecule has 0 spiro atoms. The third-order valence-electron chi connectivity index (χ3n) is 1.30. The highest BCUT2D eigenvalue weighted by Gasteiger charge is 2.17. The van der Waals surface area contributed by atoms with E-state index in [0.717, 1.165) is 4.90 Å². The van der Waals surface area contributed by atoms with Crippen molar-refractivity contribution in [3.05, 3.63) is 0 Å². The third kappa shape index (κ3) is 4.72. The second-order valence-electron chi connectivity index (χ2n) is 2.28. The van der Waals surface area contributed by atoms with E-state index in [4.69, 9.17) is 5.11 Å². The maximum absolute atomic E-state index is 11.2. The molecule has 0 aliphatic heterocycles. The predicted octanol–water partition coefficient (Wildman–Crippen LogP) is 1.69. The second-order valence-corrected chi connectivity index (χ2v) is 2.82. The number of nitrogens with zero attached hydrogens (tertiary/aromatic N) is 1. The Labute approximate surface area is 90.4 Å². The standard InChI is InChI=1S/C8H10INO3/c1-2-4-7(11)10(8(12)13)6-3-5-9/h2,4,6H2,1H3,(H,12,13). The van der Waals surface area contributed by atoms with Crippen molar-refractivity contribution in [1.82, 2.24) is 4.90 Å². The lowest BCUT2D eigenvalue weighted by Gasteiger charge is -2.12. The van der Waals surface area contributed by atoms with Crippen LogP contribution in [0.15, 0.2) is 0 Å². The van der Waals surface area contributed by atoms with E-state index in [9.17, 15) is 9.59 Å². The fraction of sp³-hybridized carbons (Fsp3) is 0.500. The van der Waals surface area contributed by atoms with Crippen molar-refractivity contribution in [2.45, 2.75) is 19.8 Å². The van der Waals surface area contributed by atoms with Crippen molar-refractivity contribution in [3.63, 3.8) is 0 Å². The van der Waals surface area contributed by atoms with E-state index >= 15 is 0 Å². The minimum Gasteiger partial charge on any atom is -0.465 e. The molecule has 0 saturated carbocycles. The minimum absolute atomic E-state index is 0.0445. The summed E-state index contributed by atoms with van der Waals surface area (Å²) in [5.74, 6) is 2.14. The van der Waals surface area contributed by atoms with Gasteiger partial charge in [0.1, 0.15) is 0 Å². The van der Waals surface area contributed by atoms with Gasteiger partial charge in [0.2, 0.25) is 5.91 Å². The van der Waals surface area contributed by atoms with Crippen LogP contribution in [0.4, 0.5) is 4.79 Å². The normalized spacial score (nSPS) is 8.46. The van der Waals surface area contributed by atoms with E-state index < -0.39 is 12.0 Å².